The number of nitrogens with zero attached hydrogens (tertiary/aromatic N) is 2. The summed E-state index contributed by atoms with van der Waals surface area (Å²) in [7, 11) is 0. The van der Waals surface area contributed by atoms with Crippen LogP contribution in [0.1, 0.15) is 30.9 Å². The van der Waals surface area contributed by atoms with Crippen molar-refractivity contribution in [2.45, 2.75) is 33.1 Å². The van der Waals surface area contributed by atoms with Gasteiger partial charge in [0.25, 0.3) is 0 Å². The Morgan fingerprint density at radius 2 is 1.74 bits per heavy atom. The maximum absolute atomic E-state index is 12.8. The number of carbonyl (C=O) groups is 2. The molecule has 1 heterocycles. The molecule has 0 unspecified atom stereocenters. The second kappa shape index (κ2) is 8.85. The van der Waals surface area contributed by atoms with E-state index in [1.807, 2.05) is 42.2 Å². The highest BCUT2D eigenvalue weighted by atomic mass is 16.2. The molecule has 0 radical (unpaired) electrons. The van der Waals surface area contributed by atoms with E-state index >= 15 is 0 Å². The maximum atomic E-state index is 12.8. The van der Waals surface area contributed by atoms with Crippen molar-refractivity contribution in [1.29, 1.82) is 0 Å². The van der Waals surface area contributed by atoms with Gasteiger partial charge in [0.1, 0.15) is 6.54 Å². The van der Waals surface area contributed by atoms with Gasteiger partial charge in [0.15, 0.2) is 0 Å². The third-order valence-electron chi connectivity index (χ3n) is 5.32. The van der Waals surface area contributed by atoms with Gasteiger partial charge in [-0.3, -0.25) is 9.59 Å². The Hall–Kier alpha value is -2.62. The van der Waals surface area contributed by atoms with E-state index in [0.717, 1.165) is 43.6 Å². The average Bonchev–Trinajstić information content (AvgIpc) is 2.67. The Labute approximate surface area is 161 Å². The molecule has 1 aliphatic heterocycles. The van der Waals surface area contributed by atoms with Crippen molar-refractivity contribution in [1.82, 2.24) is 4.90 Å². The van der Waals surface area contributed by atoms with Crippen LogP contribution in [0.15, 0.2) is 54.6 Å². The third-order valence-corrected chi connectivity index (χ3v) is 5.32. The number of hydrogen-bond acceptors (Lipinski definition) is 2. The third kappa shape index (κ3) is 5.19. The highest BCUT2D eigenvalue weighted by Gasteiger charge is 2.25. The van der Waals surface area contributed by atoms with E-state index in [1.54, 1.807) is 4.90 Å². The summed E-state index contributed by atoms with van der Waals surface area (Å²) in [5.41, 5.74) is 3.23. The molecule has 2 aromatic rings. The van der Waals surface area contributed by atoms with E-state index in [-0.39, 0.29) is 18.4 Å². The predicted octanol–water partition coefficient (Wildman–Crippen LogP) is 3.83. The van der Waals surface area contributed by atoms with Crippen molar-refractivity contribution in [3.8, 4) is 0 Å². The Morgan fingerprint density at radius 1 is 1.04 bits per heavy atom. The van der Waals surface area contributed by atoms with Gasteiger partial charge in [0.05, 0.1) is 0 Å². The number of piperidine rings is 1. The zero-order valence-corrected chi connectivity index (χ0v) is 16.2. The molecular formula is C23H28N2O2. The fourth-order valence-corrected chi connectivity index (χ4v) is 3.75. The van der Waals surface area contributed by atoms with Crippen molar-refractivity contribution < 1.29 is 9.59 Å². The van der Waals surface area contributed by atoms with Gasteiger partial charge < -0.3 is 9.80 Å². The normalized spacial score (nSPS) is 14.8. The number of benzene rings is 2. The summed E-state index contributed by atoms with van der Waals surface area (Å²) in [6.07, 6.45) is 3.11. The minimum atomic E-state index is -0.104. The van der Waals surface area contributed by atoms with Crippen LogP contribution in [0.3, 0.4) is 0 Å². The van der Waals surface area contributed by atoms with E-state index in [9.17, 15) is 9.59 Å². The Morgan fingerprint density at radius 3 is 2.37 bits per heavy atom. The van der Waals surface area contributed by atoms with Crippen molar-refractivity contribution in [2.24, 2.45) is 5.92 Å². The average molecular weight is 364 g/mol. The first-order valence-electron chi connectivity index (χ1n) is 9.69. The molecule has 4 heteroatoms. The molecule has 4 nitrogen and oxygen atoms in total. The number of hydrogen-bond donors (Lipinski definition) is 0. The molecule has 0 aliphatic carbocycles. The van der Waals surface area contributed by atoms with Crippen LogP contribution in [-0.2, 0) is 16.0 Å². The smallest absolute Gasteiger partial charge is 0.242 e. The fraction of sp³-hybridized carbons (Fsp3) is 0.391. The van der Waals surface area contributed by atoms with Crippen molar-refractivity contribution >= 4 is 17.5 Å². The molecule has 1 fully saturated rings. The number of anilines is 1. The molecule has 27 heavy (non-hydrogen) atoms. The molecule has 1 aliphatic rings. The van der Waals surface area contributed by atoms with Gasteiger partial charge >= 0.3 is 0 Å². The predicted molar refractivity (Wildman–Crippen MR) is 109 cm³/mol. The Kier molecular flexibility index (Phi) is 6.28. The van der Waals surface area contributed by atoms with Crippen molar-refractivity contribution in [3.63, 3.8) is 0 Å². The lowest BCUT2D eigenvalue weighted by atomic mass is 9.90. The fourth-order valence-electron chi connectivity index (χ4n) is 3.75. The number of carbonyl (C=O) groups excluding carboxylic acids is 2. The topological polar surface area (TPSA) is 40.6 Å². The second-order valence-electron chi connectivity index (χ2n) is 7.46. The summed E-state index contributed by atoms with van der Waals surface area (Å²) in [4.78, 5) is 28.3. The van der Waals surface area contributed by atoms with Gasteiger partial charge in [0.2, 0.25) is 11.8 Å². The number of aryl methyl sites for hydroxylation is 1. The van der Waals surface area contributed by atoms with Crippen LogP contribution in [0.4, 0.5) is 5.69 Å². The highest BCUT2D eigenvalue weighted by Crippen LogP contribution is 2.22. The summed E-state index contributed by atoms with van der Waals surface area (Å²) in [5.74, 6) is 0.551. The van der Waals surface area contributed by atoms with Crippen LogP contribution in [0.2, 0.25) is 0 Å². The first kappa shape index (κ1) is 19.2. The molecule has 0 N–H and O–H groups in total. The second-order valence-corrected chi connectivity index (χ2v) is 7.46. The summed E-state index contributed by atoms with van der Waals surface area (Å²) in [6.45, 7) is 5.16. The van der Waals surface area contributed by atoms with E-state index in [1.165, 1.54) is 12.5 Å². The van der Waals surface area contributed by atoms with Crippen LogP contribution < -0.4 is 4.90 Å². The summed E-state index contributed by atoms with van der Waals surface area (Å²) < 4.78 is 0. The van der Waals surface area contributed by atoms with Gasteiger partial charge in [-0.1, -0.05) is 42.5 Å². The minimum Gasteiger partial charge on any atom is -0.341 e. The quantitative estimate of drug-likeness (QED) is 0.809. The van der Waals surface area contributed by atoms with E-state index in [4.69, 9.17) is 0 Å². The van der Waals surface area contributed by atoms with Crippen molar-refractivity contribution in [2.75, 3.05) is 24.5 Å². The van der Waals surface area contributed by atoms with Crippen LogP contribution in [-0.4, -0.2) is 36.3 Å². The van der Waals surface area contributed by atoms with E-state index in [0.29, 0.717) is 5.92 Å². The lowest BCUT2D eigenvalue weighted by Gasteiger charge is -2.33. The molecule has 1 saturated heterocycles. The zero-order chi connectivity index (χ0) is 19.2. The molecule has 142 valence electrons. The SMILES string of the molecule is CC(=O)N(CC(=O)N1CCC(Cc2ccccc2)CC1)c1cccc(C)c1. The molecule has 2 amide bonds. The molecule has 0 aromatic heterocycles. The van der Waals surface area contributed by atoms with Gasteiger partial charge in [-0.2, -0.15) is 0 Å². The molecule has 0 saturated carbocycles. The molecular weight excluding hydrogens is 336 g/mol. The monoisotopic (exact) mass is 364 g/mol. The molecule has 0 bridgehead atoms. The standard InChI is InChI=1S/C23H28N2O2/c1-18-7-6-10-22(15-18)25(19(2)26)17-23(27)24-13-11-21(12-14-24)16-20-8-4-3-5-9-20/h3-10,15,21H,11-14,16-17H2,1-2H3. The molecule has 0 atom stereocenters. The van der Waals surface area contributed by atoms with Gasteiger partial charge in [0, 0.05) is 25.7 Å². The molecule has 2 aromatic carbocycles. The molecule has 3 rings (SSSR count). The largest absolute Gasteiger partial charge is 0.341 e. The summed E-state index contributed by atoms with van der Waals surface area (Å²) in [6, 6.07) is 18.3. The minimum absolute atomic E-state index is 0.0323. The van der Waals surface area contributed by atoms with Crippen LogP contribution in [0, 0.1) is 12.8 Å². The number of likely N-dealkylation sites (tertiary alicyclic amines) is 1. The first-order chi connectivity index (χ1) is 13.0. The van der Waals surface area contributed by atoms with Crippen molar-refractivity contribution in [3.05, 3.63) is 65.7 Å². The van der Waals surface area contributed by atoms with E-state index in [2.05, 4.69) is 24.3 Å². The van der Waals surface area contributed by atoms with Crippen LogP contribution >= 0.6 is 0 Å². The lowest BCUT2D eigenvalue weighted by molar-refractivity contribution is -0.132. The Bertz CT molecular complexity index is 780. The zero-order valence-electron chi connectivity index (χ0n) is 16.2. The van der Waals surface area contributed by atoms with Gasteiger partial charge in [-0.25, -0.2) is 0 Å². The van der Waals surface area contributed by atoms with Crippen LogP contribution in [0.25, 0.3) is 0 Å². The Balaban J connectivity index is 1.56. The summed E-state index contributed by atoms with van der Waals surface area (Å²) >= 11 is 0. The summed E-state index contributed by atoms with van der Waals surface area (Å²) in [5, 5.41) is 0. The van der Waals surface area contributed by atoms with Gasteiger partial charge in [-0.05, 0) is 55.4 Å². The molecule has 0 spiro atoms. The van der Waals surface area contributed by atoms with Crippen LogP contribution in [0.5, 0.6) is 0 Å². The maximum Gasteiger partial charge on any atom is 0.242 e. The number of amides is 2. The van der Waals surface area contributed by atoms with E-state index < -0.39 is 0 Å². The first-order valence-corrected chi connectivity index (χ1v) is 9.69. The van der Waals surface area contributed by atoms with Gasteiger partial charge in [-0.15, -0.1) is 0 Å². The lowest BCUT2D eigenvalue weighted by Crippen LogP contribution is -2.45. The highest BCUT2D eigenvalue weighted by molar-refractivity contribution is 5.97. The number of rotatable bonds is 5.